The van der Waals surface area contributed by atoms with Gasteiger partial charge in [-0.15, -0.1) is 5.10 Å². The van der Waals surface area contributed by atoms with Crippen LogP contribution in [0.2, 0.25) is 0 Å². The first-order valence-corrected chi connectivity index (χ1v) is 9.87. The van der Waals surface area contributed by atoms with Gasteiger partial charge in [-0.1, -0.05) is 23.9 Å². The van der Waals surface area contributed by atoms with Gasteiger partial charge in [0.25, 0.3) is 0 Å². The molecule has 29 heavy (non-hydrogen) atoms. The highest BCUT2D eigenvalue weighted by Crippen LogP contribution is 2.18. The number of methoxy groups -OCH3 is 1. The Morgan fingerprint density at radius 3 is 2.86 bits per heavy atom. The Balaban J connectivity index is 1.60. The molecule has 0 saturated heterocycles. The zero-order valence-electron chi connectivity index (χ0n) is 15.9. The van der Waals surface area contributed by atoms with E-state index >= 15 is 0 Å². The molecule has 3 aromatic rings. The summed E-state index contributed by atoms with van der Waals surface area (Å²) in [5, 5.41) is 21.1. The molecule has 2 aromatic heterocycles. The molecule has 3 rings (SSSR count). The van der Waals surface area contributed by atoms with Gasteiger partial charge in [0.05, 0.1) is 44.7 Å². The molecule has 1 amide bonds. The number of aromatic nitrogens is 4. The van der Waals surface area contributed by atoms with Crippen molar-refractivity contribution in [3.05, 3.63) is 54.0 Å². The molecule has 0 N–H and O–H groups in total. The van der Waals surface area contributed by atoms with Gasteiger partial charge in [0.1, 0.15) is 11.5 Å². The van der Waals surface area contributed by atoms with E-state index < -0.39 is 0 Å². The predicted octanol–water partition coefficient (Wildman–Crippen LogP) is 2.36. The van der Waals surface area contributed by atoms with Crippen LogP contribution in [0.4, 0.5) is 0 Å². The minimum atomic E-state index is -0.111. The van der Waals surface area contributed by atoms with Crippen molar-refractivity contribution < 1.29 is 13.9 Å². The van der Waals surface area contributed by atoms with E-state index in [4.69, 9.17) is 14.4 Å². The number of tetrazole rings is 1. The largest absolute Gasteiger partial charge is 0.497 e. The van der Waals surface area contributed by atoms with E-state index in [2.05, 4.69) is 21.6 Å². The zero-order chi connectivity index (χ0) is 20.5. The van der Waals surface area contributed by atoms with Crippen molar-refractivity contribution >= 4 is 17.7 Å². The number of benzene rings is 1. The van der Waals surface area contributed by atoms with Gasteiger partial charge >= 0.3 is 0 Å². The minimum Gasteiger partial charge on any atom is -0.497 e. The van der Waals surface area contributed by atoms with Gasteiger partial charge in [0, 0.05) is 6.54 Å². The van der Waals surface area contributed by atoms with Crippen LogP contribution in [0.1, 0.15) is 17.7 Å². The molecule has 0 aliphatic rings. The second-order valence-electron chi connectivity index (χ2n) is 6.06. The van der Waals surface area contributed by atoms with Crippen LogP contribution in [-0.4, -0.2) is 50.4 Å². The van der Waals surface area contributed by atoms with Gasteiger partial charge < -0.3 is 14.1 Å². The number of ether oxygens (including phenoxy) is 1. The average Bonchev–Trinajstić information content (AvgIpc) is 3.42. The molecule has 0 saturated carbocycles. The van der Waals surface area contributed by atoms with Crippen molar-refractivity contribution in [3.8, 4) is 11.8 Å². The summed E-state index contributed by atoms with van der Waals surface area (Å²) in [5.74, 6) is 1.50. The van der Waals surface area contributed by atoms with Crippen molar-refractivity contribution in [1.29, 1.82) is 5.26 Å². The van der Waals surface area contributed by atoms with Crippen LogP contribution in [0.3, 0.4) is 0 Å². The molecule has 1 aromatic carbocycles. The monoisotopic (exact) mass is 412 g/mol. The van der Waals surface area contributed by atoms with Crippen LogP contribution in [-0.2, 0) is 17.9 Å². The quantitative estimate of drug-likeness (QED) is 0.467. The summed E-state index contributed by atoms with van der Waals surface area (Å²) in [6, 6.07) is 13.3. The number of thioether (sulfide) groups is 1. The Labute approximate surface area is 172 Å². The maximum atomic E-state index is 12.7. The topological polar surface area (TPSA) is 110 Å². The number of nitrogens with zero attached hydrogens (tertiary/aromatic N) is 6. The summed E-state index contributed by atoms with van der Waals surface area (Å²) in [6.07, 6.45) is 1.82. The van der Waals surface area contributed by atoms with Crippen molar-refractivity contribution in [2.24, 2.45) is 0 Å². The highest BCUT2D eigenvalue weighted by molar-refractivity contribution is 7.99. The lowest BCUT2D eigenvalue weighted by molar-refractivity contribution is -0.129. The molecule has 150 valence electrons. The molecule has 10 heteroatoms. The van der Waals surface area contributed by atoms with Crippen LogP contribution in [0.5, 0.6) is 5.75 Å². The summed E-state index contributed by atoms with van der Waals surface area (Å²) < 4.78 is 12.1. The normalized spacial score (nSPS) is 10.5. The maximum absolute atomic E-state index is 12.7. The molecule has 0 aliphatic carbocycles. The highest BCUT2D eigenvalue weighted by atomic mass is 32.2. The number of rotatable bonds is 10. The van der Waals surface area contributed by atoms with Crippen LogP contribution in [0.15, 0.2) is 52.2 Å². The highest BCUT2D eigenvalue weighted by Gasteiger charge is 2.17. The molecule has 2 heterocycles. The minimum absolute atomic E-state index is 0.111. The molecule has 0 bridgehead atoms. The van der Waals surface area contributed by atoms with Gasteiger partial charge in [0.2, 0.25) is 11.1 Å². The fourth-order valence-corrected chi connectivity index (χ4v) is 3.37. The van der Waals surface area contributed by atoms with Crippen molar-refractivity contribution in [2.45, 2.75) is 24.7 Å². The van der Waals surface area contributed by atoms with Crippen LogP contribution in [0.25, 0.3) is 0 Å². The fraction of sp³-hybridized carbons (Fsp3) is 0.316. The Kier molecular flexibility index (Phi) is 7.24. The van der Waals surface area contributed by atoms with Crippen molar-refractivity contribution in [3.63, 3.8) is 0 Å². The molecule has 0 radical (unpaired) electrons. The molecule has 0 atom stereocenters. The van der Waals surface area contributed by atoms with Crippen LogP contribution < -0.4 is 4.74 Å². The van der Waals surface area contributed by atoms with Gasteiger partial charge in [-0.25, -0.2) is 4.68 Å². The summed E-state index contributed by atoms with van der Waals surface area (Å²) >= 11 is 1.26. The summed E-state index contributed by atoms with van der Waals surface area (Å²) in [7, 11) is 1.62. The third-order valence-corrected chi connectivity index (χ3v) is 5.03. The maximum Gasteiger partial charge on any atom is 0.233 e. The Morgan fingerprint density at radius 1 is 1.34 bits per heavy atom. The Hall–Kier alpha value is -3.32. The number of hydrogen-bond acceptors (Lipinski definition) is 8. The third-order valence-electron chi connectivity index (χ3n) is 4.09. The molecular formula is C19H20N6O3S. The van der Waals surface area contributed by atoms with Crippen LogP contribution in [0, 0.1) is 11.3 Å². The lowest BCUT2D eigenvalue weighted by Crippen LogP contribution is -2.32. The standard InChI is InChI=1S/C19H20N6O3S/c1-27-16-7-5-15(6-8-16)12-25-19(21-22-23-25)29-14-18(26)24(10-3-9-20)13-17-4-2-11-28-17/h2,4-8,11H,3,10,12-14H2,1H3. The number of amides is 1. The first-order valence-electron chi connectivity index (χ1n) is 8.88. The Bertz CT molecular complexity index is 949. The van der Waals surface area contributed by atoms with E-state index in [0.717, 1.165) is 11.3 Å². The fourth-order valence-electron chi connectivity index (χ4n) is 2.59. The third kappa shape index (κ3) is 5.83. The summed E-state index contributed by atoms with van der Waals surface area (Å²) in [5.41, 5.74) is 1.01. The number of nitriles is 1. The molecule has 0 unspecified atom stereocenters. The van der Waals surface area contributed by atoms with E-state index in [9.17, 15) is 4.79 Å². The number of hydrogen-bond donors (Lipinski definition) is 0. The SMILES string of the molecule is COc1ccc(Cn2nnnc2SCC(=O)N(CCC#N)Cc2ccco2)cc1. The molecule has 0 fully saturated rings. The molecule has 0 aliphatic heterocycles. The van der Waals surface area contributed by atoms with E-state index in [1.165, 1.54) is 11.8 Å². The molecule has 0 spiro atoms. The predicted molar refractivity (Wildman–Crippen MR) is 105 cm³/mol. The summed E-state index contributed by atoms with van der Waals surface area (Å²) in [6.45, 7) is 1.15. The van der Waals surface area contributed by atoms with Gasteiger partial charge in [0.15, 0.2) is 0 Å². The molecular weight excluding hydrogens is 392 g/mol. The number of carbonyl (C=O) groups is 1. The van der Waals surface area contributed by atoms with Gasteiger partial charge in [-0.3, -0.25) is 4.79 Å². The Morgan fingerprint density at radius 2 is 2.17 bits per heavy atom. The zero-order valence-corrected chi connectivity index (χ0v) is 16.7. The van der Waals surface area contributed by atoms with Gasteiger partial charge in [-0.05, 0) is 40.3 Å². The lowest BCUT2D eigenvalue weighted by atomic mass is 10.2. The lowest BCUT2D eigenvalue weighted by Gasteiger charge is -2.20. The van der Waals surface area contributed by atoms with E-state index in [-0.39, 0.29) is 18.1 Å². The second-order valence-corrected chi connectivity index (χ2v) is 7.00. The summed E-state index contributed by atoms with van der Waals surface area (Å²) in [4.78, 5) is 14.3. The first kappa shape index (κ1) is 20.4. The van der Waals surface area contributed by atoms with E-state index in [1.807, 2.05) is 24.3 Å². The van der Waals surface area contributed by atoms with Crippen molar-refractivity contribution in [2.75, 3.05) is 19.4 Å². The second kappa shape index (κ2) is 10.3. The van der Waals surface area contributed by atoms with Gasteiger partial charge in [-0.2, -0.15) is 5.26 Å². The first-order chi connectivity index (χ1) is 14.2. The van der Waals surface area contributed by atoms with Crippen molar-refractivity contribution in [1.82, 2.24) is 25.1 Å². The van der Waals surface area contributed by atoms with E-state index in [0.29, 0.717) is 30.6 Å². The number of furan rings is 1. The van der Waals surface area contributed by atoms with E-state index in [1.54, 1.807) is 35.1 Å². The molecule has 9 nitrogen and oxygen atoms in total. The smallest absolute Gasteiger partial charge is 0.233 e. The average molecular weight is 412 g/mol. The number of carbonyl (C=O) groups excluding carboxylic acids is 1. The van der Waals surface area contributed by atoms with Crippen LogP contribution >= 0.6 is 11.8 Å².